The summed E-state index contributed by atoms with van der Waals surface area (Å²) in [5.41, 5.74) is 4.71. The zero-order valence-corrected chi connectivity index (χ0v) is 28.3. The minimum atomic E-state index is -3.16. The lowest BCUT2D eigenvalue weighted by molar-refractivity contribution is 0.587. The summed E-state index contributed by atoms with van der Waals surface area (Å²) in [4.78, 5) is 0. The molecule has 0 bridgehead atoms. The fraction of sp³-hybridized carbons (Fsp3) is 0.0638. The molecule has 49 heavy (non-hydrogen) atoms. The first-order valence-corrected chi connectivity index (χ1v) is 18.8. The Balaban J connectivity index is 1.41. The van der Waals surface area contributed by atoms with E-state index in [0.29, 0.717) is 5.92 Å². The summed E-state index contributed by atoms with van der Waals surface area (Å²) < 4.78 is 15.8. The lowest BCUT2D eigenvalue weighted by atomic mass is 9.85. The van der Waals surface area contributed by atoms with E-state index in [1.165, 1.54) is 49.0 Å². The summed E-state index contributed by atoms with van der Waals surface area (Å²) in [6.07, 6.45) is 7.17. The molecule has 0 fully saturated rings. The van der Waals surface area contributed by atoms with Gasteiger partial charge in [0, 0.05) is 10.6 Å². The highest BCUT2D eigenvalue weighted by molar-refractivity contribution is 7.82. The zero-order valence-electron chi connectivity index (χ0n) is 27.4. The highest BCUT2D eigenvalue weighted by atomic mass is 31.2. The van der Waals surface area contributed by atoms with E-state index in [4.69, 9.17) is 0 Å². The van der Waals surface area contributed by atoms with E-state index >= 15 is 4.57 Å². The molecule has 0 spiro atoms. The van der Waals surface area contributed by atoms with Crippen LogP contribution in [0.15, 0.2) is 181 Å². The number of allylic oxidation sites excluding steroid dienone is 4. The maximum Gasteiger partial charge on any atom is 0.167 e. The number of benzene rings is 8. The second-order valence-electron chi connectivity index (χ2n) is 13.3. The van der Waals surface area contributed by atoms with Crippen LogP contribution in [0.25, 0.3) is 65.3 Å². The van der Waals surface area contributed by atoms with Crippen LogP contribution in [0.3, 0.4) is 0 Å². The summed E-state index contributed by atoms with van der Waals surface area (Å²) in [7, 11) is -3.16. The van der Waals surface area contributed by atoms with Crippen molar-refractivity contribution in [2.75, 3.05) is 0 Å². The molecule has 8 aromatic carbocycles. The molecule has 0 saturated carbocycles. The molecular weight excluding hydrogens is 611 g/mol. The molecule has 1 aliphatic rings. The Morgan fingerprint density at radius 2 is 1.02 bits per heavy atom. The van der Waals surface area contributed by atoms with E-state index in [1.54, 1.807) is 0 Å². The van der Waals surface area contributed by atoms with Gasteiger partial charge in [0.2, 0.25) is 0 Å². The van der Waals surface area contributed by atoms with Crippen LogP contribution in [0.5, 0.6) is 0 Å². The zero-order chi connectivity index (χ0) is 33.0. The first-order chi connectivity index (χ1) is 24.1. The lowest BCUT2D eigenvalue weighted by Gasteiger charge is -2.27. The van der Waals surface area contributed by atoms with E-state index in [-0.39, 0.29) is 0 Å². The Bertz CT molecular complexity index is 2680. The van der Waals surface area contributed by atoms with Crippen molar-refractivity contribution in [2.45, 2.75) is 13.3 Å². The van der Waals surface area contributed by atoms with Gasteiger partial charge in [-0.15, -0.1) is 0 Å². The van der Waals surface area contributed by atoms with Crippen molar-refractivity contribution < 1.29 is 4.57 Å². The Kier molecular flexibility index (Phi) is 7.19. The second-order valence-corrected chi connectivity index (χ2v) is 16.1. The van der Waals surface area contributed by atoms with Gasteiger partial charge in [0.05, 0.1) is 0 Å². The predicted octanol–water partition coefficient (Wildman–Crippen LogP) is 12.4. The Morgan fingerprint density at radius 3 is 1.63 bits per heavy atom. The van der Waals surface area contributed by atoms with Gasteiger partial charge in [-0.05, 0) is 101 Å². The molecule has 0 heterocycles. The van der Waals surface area contributed by atoms with E-state index in [9.17, 15) is 0 Å². The van der Waals surface area contributed by atoms with Crippen LogP contribution in [0.4, 0.5) is 0 Å². The second kappa shape index (κ2) is 11.9. The van der Waals surface area contributed by atoms with E-state index in [0.717, 1.165) is 38.7 Å². The highest BCUT2D eigenvalue weighted by Gasteiger charge is 2.33. The quantitative estimate of drug-likeness (QED) is 0.134. The molecular formula is C47H35OP. The largest absolute Gasteiger partial charge is 0.309 e. The molecule has 0 aromatic heterocycles. The number of hydrogen-bond acceptors (Lipinski definition) is 1. The van der Waals surface area contributed by atoms with Crippen molar-refractivity contribution >= 4 is 60.8 Å². The molecule has 0 radical (unpaired) electrons. The van der Waals surface area contributed by atoms with Crippen molar-refractivity contribution in [3.8, 4) is 22.3 Å². The topological polar surface area (TPSA) is 17.1 Å². The van der Waals surface area contributed by atoms with E-state index < -0.39 is 7.14 Å². The molecule has 0 N–H and O–H groups in total. The molecule has 0 saturated heterocycles. The number of rotatable bonds is 5. The van der Waals surface area contributed by atoms with Crippen molar-refractivity contribution in [2.24, 2.45) is 5.92 Å². The third-order valence-electron chi connectivity index (χ3n) is 10.2. The third kappa shape index (κ3) is 4.97. The van der Waals surface area contributed by atoms with Gasteiger partial charge in [-0.1, -0.05) is 165 Å². The van der Waals surface area contributed by atoms with Gasteiger partial charge in [0.25, 0.3) is 0 Å². The number of fused-ring (bicyclic) bond motifs is 4. The van der Waals surface area contributed by atoms with Crippen LogP contribution in [0.1, 0.15) is 13.3 Å². The van der Waals surface area contributed by atoms with Crippen molar-refractivity contribution in [3.63, 3.8) is 0 Å². The van der Waals surface area contributed by atoms with Crippen molar-refractivity contribution in [1.29, 1.82) is 0 Å². The molecule has 1 nitrogen and oxygen atoms in total. The maximum absolute atomic E-state index is 15.8. The van der Waals surface area contributed by atoms with Crippen LogP contribution in [-0.4, -0.2) is 0 Å². The molecule has 8 aromatic rings. The molecule has 2 heteroatoms. The highest BCUT2D eigenvalue weighted by Crippen LogP contribution is 2.56. The standard InChI is InChI=1S/C47H35OP/c1-32-12-11-19-40(28-32)49(48,39-17-3-2-4-18-39)41-26-27-44-45(31-41)47(38-25-23-34-14-6-8-16-36(34)30-38)43-21-10-9-20-42(43)46(44)37-24-22-33-13-5-7-15-35(33)29-37/h2-27,29-32H,28H2,1H3. The van der Waals surface area contributed by atoms with E-state index in [1.807, 2.05) is 30.3 Å². The third-order valence-corrected chi connectivity index (χ3v) is 13.4. The first kappa shape index (κ1) is 29.6. The molecule has 9 rings (SSSR count). The first-order valence-electron chi connectivity index (χ1n) is 17.1. The minimum absolute atomic E-state index is 0.328. The molecule has 2 unspecified atom stereocenters. The normalized spacial score (nSPS) is 15.9. The van der Waals surface area contributed by atoms with Crippen molar-refractivity contribution in [1.82, 2.24) is 0 Å². The van der Waals surface area contributed by atoms with Gasteiger partial charge in [0.15, 0.2) is 7.14 Å². The van der Waals surface area contributed by atoms with Crippen LogP contribution >= 0.6 is 7.14 Å². The molecule has 234 valence electrons. The molecule has 1 aliphatic carbocycles. The maximum atomic E-state index is 15.8. The summed E-state index contributed by atoms with van der Waals surface area (Å²) >= 11 is 0. The summed E-state index contributed by atoms with van der Waals surface area (Å²) in [5, 5.41) is 12.3. The fourth-order valence-electron chi connectivity index (χ4n) is 7.85. The summed E-state index contributed by atoms with van der Waals surface area (Å²) in [6, 6.07) is 56.2. The van der Waals surface area contributed by atoms with Crippen LogP contribution < -0.4 is 10.6 Å². The van der Waals surface area contributed by atoms with Gasteiger partial charge in [-0.25, -0.2) is 0 Å². The fourth-order valence-corrected chi connectivity index (χ4v) is 10.8. The smallest absolute Gasteiger partial charge is 0.167 e. The van der Waals surface area contributed by atoms with Gasteiger partial charge in [0.1, 0.15) is 0 Å². The van der Waals surface area contributed by atoms with E-state index in [2.05, 4.69) is 153 Å². The van der Waals surface area contributed by atoms with Crippen molar-refractivity contribution in [3.05, 3.63) is 181 Å². The van der Waals surface area contributed by atoms with Crippen LogP contribution in [-0.2, 0) is 4.57 Å². The Morgan fingerprint density at radius 1 is 0.490 bits per heavy atom. The monoisotopic (exact) mass is 646 g/mol. The Hall–Kier alpha value is -5.49. The van der Waals surface area contributed by atoms with Gasteiger partial charge >= 0.3 is 0 Å². The lowest BCUT2D eigenvalue weighted by Crippen LogP contribution is -2.19. The van der Waals surface area contributed by atoms with Crippen LogP contribution in [0.2, 0.25) is 0 Å². The minimum Gasteiger partial charge on any atom is -0.309 e. The average Bonchev–Trinajstić information content (AvgIpc) is 3.16. The summed E-state index contributed by atoms with van der Waals surface area (Å²) in [6.45, 7) is 2.21. The molecule has 0 aliphatic heterocycles. The summed E-state index contributed by atoms with van der Waals surface area (Å²) in [5.74, 6) is 0.328. The van der Waals surface area contributed by atoms with Gasteiger partial charge in [-0.2, -0.15) is 0 Å². The molecule has 0 amide bonds. The van der Waals surface area contributed by atoms with Gasteiger partial charge in [-0.3, -0.25) is 0 Å². The SMILES string of the molecule is CC1C=CC=C(P(=O)(c2ccccc2)c2ccc3c(-c4ccc5ccccc5c4)c4ccccc4c(-c4ccc5ccccc5c4)c3c2)C1. The van der Waals surface area contributed by atoms with Crippen LogP contribution in [0, 0.1) is 5.92 Å². The molecule has 2 atom stereocenters. The predicted molar refractivity (Wildman–Crippen MR) is 212 cm³/mol. The Labute approximate surface area is 287 Å². The van der Waals surface area contributed by atoms with Gasteiger partial charge < -0.3 is 4.57 Å². The average molecular weight is 647 g/mol. The number of hydrogen-bond donors (Lipinski definition) is 0.